The number of aromatic nitrogens is 1. The number of pyridine rings is 1. The molecule has 0 aliphatic carbocycles. The van der Waals surface area contributed by atoms with Crippen LogP contribution >= 0.6 is 0 Å². The first kappa shape index (κ1) is 17.1. The molecule has 0 saturated heterocycles. The van der Waals surface area contributed by atoms with Gasteiger partial charge in [0.25, 0.3) is 10.0 Å². The highest BCUT2D eigenvalue weighted by Gasteiger charge is 2.22. The molecule has 0 saturated carbocycles. The van der Waals surface area contributed by atoms with Gasteiger partial charge in [0.1, 0.15) is 12.4 Å². The number of esters is 1. The van der Waals surface area contributed by atoms with E-state index >= 15 is 0 Å². The monoisotopic (exact) mass is 360 g/mol. The van der Waals surface area contributed by atoms with Gasteiger partial charge in [-0.2, -0.15) is 0 Å². The number of furan rings is 1. The molecule has 0 radical (unpaired) electrons. The Morgan fingerprint density at radius 3 is 2.72 bits per heavy atom. The van der Waals surface area contributed by atoms with E-state index in [0.717, 1.165) is 4.31 Å². The van der Waals surface area contributed by atoms with Gasteiger partial charge in [-0.05, 0) is 30.3 Å². The maximum absolute atomic E-state index is 12.3. The van der Waals surface area contributed by atoms with Crippen molar-refractivity contribution in [3.05, 3.63) is 60.0 Å². The highest BCUT2D eigenvalue weighted by molar-refractivity contribution is 7.88. The predicted octanol–water partition coefficient (Wildman–Crippen LogP) is 2.44. The van der Waals surface area contributed by atoms with Gasteiger partial charge >= 0.3 is 5.97 Å². The average Bonchev–Trinajstić information content (AvgIpc) is 3.09. The Morgan fingerprint density at radius 2 is 1.96 bits per heavy atom. The third-order valence-corrected chi connectivity index (χ3v) is 5.27. The van der Waals surface area contributed by atoms with Crippen molar-refractivity contribution in [2.75, 3.05) is 14.1 Å². The van der Waals surface area contributed by atoms with E-state index in [2.05, 4.69) is 4.98 Å². The number of rotatable bonds is 5. The second-order valence-corrected chi connectivity index (χ2v) is 7.54. The number of benzene rings is 1. The van der Waals surface area contributed by atoms with Crippen LogP contribution in [0.2, 0.25) is 0 Å². The van der Waals surface area contributed by atoms with Crippen molar-refractivity contribution < 1.29 is 22.4 Å². The lowest BCUT2D eigenvalue weighted by molar-refractivity contribution is 0.0443. The van der Waals surface area contributed by atoms with Gasteiger partial charge < -0.3 is 9.15 Å². The predicted molar refractivity (Wildman–Crippen MR) is 90.4 cm³/mol. The molecule has 3 rings (SSSR count). The van der Waals surface area contributed by atoms with E-state index in [-0.39, 0.29) is 17.5 Å². The Labute approximate surface area is 144 Å². The summed E-state index contributed by atoms with van der Waals surface area (Å²) in [6.07, 6.45) is 1.65. The molecule has 0 amide bonds. The number of carbonyl (C=O) groups is 1. The fraction of sp³-hybridized carbons (Fsp3) is 0.176. The first-order valence-corrected chi connectivity index (χ1v) is 8.86. The minimum Gasteiger partial charge on any atom is -0.454 e. The SMILES string of the molecule is CN(C)S(=O)(=O)c1ccc(COC(=O)c2cccc3ncccc23)o1. The molecule has 0 fully saturated rings. The summed E-state index contributed by atoms with van der Waals surface area (Å²) in [5.41, 5.74) is 1.08. The number of hydrogen-bond donors (Lipinski definition) is 0. The maximum Gasteiger partial charge on any atom is 0.339 e. The standard InChI is InChI=1S/C17H16N2O5S/c1-19(2)25(21,22)16-9-8-12(24-16)11-23-17(20)14-5-3-7-15-13(14)6-4-10-18-15/h3-10H,11H2,1-2H3. The highest BCUT2D eigenvalue weighted by Crippen LogP contribution is 2.20. The second kappa shape index (κ2) is 6.66. The van der Waals surface area contributed by atoms with Gasteiger partial charge in [0, 0.05) is 25.7 Å². The van der Waals surface area contributed by atoms with Crippen molar-refractivity contribution in [3.63, 3.8) is 0 Å². The third kappa shape index (κ3) is 3.40. The van der Waals surface area contributed by atoms with Crippen molar-refractivity contribution in [1.29, 1.82) is 0 Å². The van der Waals surface area contributed by atoms with Crippen LogP contribution in [0.1, 0.15) is 16.1 Å². The molecule has 0 aliphatic heterocycles. The molecule has 0 atom stereocenters. The summed E-state index contributed by atoms with van der Waals surface area (Å²) in [6.45, 7) is -0.168. The summed E-state index contributed by atoms with van der Waals surface area (Å²) in [7, 11) is -0.840. The molecule has 3 aromatic rings. The van der Waals surface area contributed by atoms with E-state index in [9.17, 15) is 13.2 Å². The normalized spacial score (nSPS) is 11.8. The van der Waals surface area contributed by atoms with Crippen molar-refractivity contribution >= 4 is 26.9 Å². The number of ether oxygens (including phenoxy) is 1. The van der Waals surface area contributed by atoms with Crippen LogP contribution in [0.25, 0.3) is 10.9 Å². The Kier molecular flexibility index (Phi) is 4.56. The molecule has 0 aliphatic rings. The Bertz CT molecular complexity index is 1020. The fourth-order valence-electron chi connectivity index (χ4n) is 2.25. The lowest BCUT2D eigenvalue weighted by atomic mass is 10.1. The molecule has 2 aromatic heterocycles. The smallest absolute Gasteiger partial charge is 0.339 e. The molecular weight excluding hydrogens is 344 g/mol. The van der Waals surface area contributed by atoms with E-state index in [1.165, 1.54) is 26.2 Å². The molecule has 0 spiro atoms. The number of fused-ring (bicyclic) bond motifs is 1. The molecule has 1 aromatic carbocycles. The average molecular weight is 360 g/mol. The summed E-state index contributed by atoms with van der Waals surface area (Å²) in [4.78, 5) is 16.5. The molecule has 25 heavy (non-hydrogen) atoms. The molecule has 8 heteroatoms. The lowest BCUT2D eigenvalue weighted by Crippen LogP contribution is -2.21. The minimum atomic E-state index is -3.66. The summed E-state index contributed by atoms with van der Waals surface area (Å²) >= 11 is 0. The fourth-order valence-corrected chi connectivity index (χ4v) is 3.06. The van der Waals surface area contributed by atoms with Crippen molar-refractivity contribution in [2.24, 2.45) is 0 Å². The maximum atomic E-state index is 12.3. The van der Waals surface area contributed by atoms with Crippen LogP contribution in [0.5, 0.6) is 0 Å². The lowest BCUT2D eigenvalue weighted by Gasteiger charge is -2.08. The molecule has 130 valence electrons. The number of nitrogens with zero attached hydrogens (tertiary/aromatic N) is 2. The van der Waals surface area contributed by atoms with E-state index in [4.69, 9.17) is 9.15 Å². The summed E-state index contributed by atoms with van der Waals surface area (Å²) in [5, 5.41) is 0.489. The van der Waals surface area contributed by atoms with E-state index in [0.29, 0.717) is 16.5 Å². The largest absolute Gasteiger partial charge is 0.454 e. The van der Waals surface area contributed by atoms with Crippen molar-refractivity contribution in [2.45, 2.75) is 11.7 Å². The zero-order valence-corrected chi connectivity index (χ0v) is 14.5. The van der Waals surface area contributed by atoms with Crippen LogP contribution < -0.4 is 0 Å². The Hall–Kier alpha value is -2.71. The van der Waals surface area contributed by atoms with E-state index < -0.39 is 16.0 Å². The quantitative estimate of drug-likeness (QED) is 0.649. The number of carbonyl (C=O) groups excluding carboxylic acids is 1. The van der Waals surface area contributed by atoms with Gasteiger partial charge in [0.2, 0.25) is 5.09 Å². The minimum absolute atomic E-state index is 0.168. The molecule has 0 N–H and O–H groups in total. The second-order valence-electron chi connectivity index (χ2n) is 5.46. The van der Waals surface area contributed by atoms with Crippen molar-refractivity contribution in [1.82, 2.24) is 9.29 Å². The third-order valence-electron chi connectivity index (χ3n) is 3.58. The van der Waals surface area contributed by atoms with Crippen LogP contribution in [-0.4, -0.2) is 37.8 Å². The Balaban J connectivity index is 1.76. The van der Waals surface area contributed by atoms with Crippen molar-refractivity contribution in [3.8, 4) is 0 Å². The zero-order chi connectivity index (χ0) is 18.0. The Morgan fingerprint density at radius 1 is 1.16 bits per heavy atom. The molecule has 7 nitrogen and oxygen atoms in total. The first-order valence-electron chi connectivity index (χ1n) is 7.42. The van der Waals surface area contributed by atoms with Crippen LogP contribution in [-0.2, 0) is 21.4 Å². The van der Waals surface area contributed by atoms with Crippen LogP contribution in [0.4, 0.5) is 0 Å². The van der Waals surface area contributed by atoms with Gasteiger partial charge in [0.15, 0.2) is 0 Å². The topological polar surface area (TPSA) is 89.7 Å². The number of hydrogen-bond acceptors (Lipinski definition) is 6. The first-order chi connectivity index (χ1) is 11.9. The van der Waals surface area contributed by atoms with Gasteiger partial charge in [0.05, 0.1) is 11.1 Å². The molecular formula is C17H16N2O5S. The summed E-state index contributed by atoms with van der Waals surface area (Å²) in [5.74, 6) is -0.292. The van der Waals surface area contributed by atoms with Crippen LogP contribution in [0.15, 0.2) is 58.2 Å². The van der Waals surface area contributed by atoms with Crippen LogP contribution in [0, 0.1) is 0 Å². The molecule has 2 heterocycles. The van der Waals surface area contributed by atoms with Gasteiger partial charge in [-0.15, -0.1) is 0 Å². The van der Waals surface area contributed by atoms with E-state index in [1.54, 1.807) is 36.5 Å². The van der Waals surface area contributed by atoms with Gasteiger partial charge in [-0.1, -0.05) is 12.1 Å². The zero-order valence-electron chi connectivity index (χ0n) is 13.7. The number of sulfonamides is 1. The molecule has 0 unspecified atom stereocenters. The van der Waals surface area contributed by atoms with Gasteiger partial charge in [-0.25, -0.2) is 17.5 Å². The molecule has 0 bridgehead atoms. The summed E-state index contributed by atoms with van der Waals surface area (Å²) in [6, 6.07) is 11.5. The summed E-state index contributed by atoms with van der Waals surface area (Å²) < 4.78 is 35.5. The van der Waals surface area contributed by atoms with Gasteiger partial charge in [-0.3, -0.25) is 4.98 Å². The van der Waals surface area contributed by atoms with Crippen LogP contribution in [0.3, 0.4) is 0 Å². The van der Waals surface area contributed by atoms with E-state index in [1.807, 2.05) is 0 Å². The highest BCUT2D eigenvalue weighted by atomic mass is 32.2.